The number of hydrogen-bond donors (Lipinski definition) is 2. The Labute approximate surface area is 160 Å². The van der Waals surface area contributed by atoms with E-state index in [0.29, 0.717) is 18.6 Å². The van der Waals surface area contributed by atoms with Crippen LogP contribution in [-0.4, -0.2) is 49.2 Å². The summed E-state index contributed by atoms with van der Waals surface area (Å²) < 4.78 is 1.91. The number of nitrogens with zero attached hydrogens (tertiary/aromatic N) is 4. The summed E-state index contributed by atoms with van der Waals surface area (Å²) in [7, 11) is 0. The number of carbonyl (C=O) groups excluding carboxylic acids is 1. The molecule has 0 aromatic carbocycles. The van der Waals surface area contributed by atoms with Crippen molar-refractivity contribution in [1.29, 1.82) is 0 Å². The quantitative estimate of drug-likeness (QED) is 0.699. The van der Waals surface area contributed by atoms with Crippen LogP contribution in [-0.2, 0) is 17.9 Å². The van der Waals surface area contributed by atoms with Crippen molar-refractivity contribution in [2.24, 2.45) is 5.41 Å². The smallest absolute Gasteiger partial charge is 0.227 e. The third-order valence-electron chi connectivity index (χ3n) is 6.46. The molecule has 2 aromatic rings. The van der Waals surface area contributed by atoms with Crippen LogP contribution >= 0.6 is 0 Å². The molecule has 0 radical (unpaired) electrons. The molecule has 0 saturated carbocycles. The molecule has 4 rings (SSSR count). The number of carbonyl (C=O) groups is 1. The molecule has 2 N–H and O–H groups in total. The maximum Gasteiger partial charge on any atom is 0.227 e. The molecule has 2 aliphatic heterocycles. The van der Waals surface area contributed by atoms with Crippen LogP contribution in [0.1, 0.15) is 50.5 Å². The lowest BCUT2D eigenvalue weighted by atomic mass is 9.71. The highest BCUT2D eigenvalue weighted by molar-refractivity contribution is 5.84. The van der Waals surface area contributed by atoms with Crippen LogP contribution < -0.4 is 5.32 Å². The SMILES string of the molecule is CC[C@@]1(C(=O)NCCCn2cccn2)C[C@@H]2CC[C@H]1N2Cc1ncc(C)[nH]1. The van der Waals surface area contributed by atoms with Crippen molar-refractivity contribution in [1.82, 2.24) is 30.0 Å². The minimum Gasteiger partial charge on any atom is -0.356 e. The fourth-order valence-corrected chi connectivity index (χ4v) is 5.10. The molecule has 2 fully saturated rings. The lowest BCUT2D eigenvalue weighted by Gasteiger charge is -2.35. The summed E-state index contributed by atoms with van der Waals surface area (Å²) in [4.78, 5) is 23.5. The summed E-state index contributed by atoms with van der Waals surface area (Å²) in [5.74, 6) is 1.24. The Bertz CT molecular complexity index is 769. The first-order valence-electron chi connectivity index (χ1n) is 10.1. The number of aromatic nitrogens is 4. The lowest BCUT2D eigenvalue weighted by molar-refractivity contribution is -0.133. The van der Waals surface area contributed by atoms with Crippen molar-refractivity contribution in [3.63, 3.8) is 0 Å². The molecule has 0 aliphatic carbocycles. The van der Waals surface area contributed by atoms with Crippen molar-refractivity contribution in [3.05, 3.63) is 36.2 Å². The summed E-state index contributed by atoms with van der Waals surface area (Å²) >= 11 is 0. The number of hydrogen-bond acceptors (Lipinski definition) is 4. The summed E-state index contributed by atoms with van der Waals surface area (Å²) in [6.07, 6.45) is 10.7. The molecule has 2 aromatic heterocycles. The summed E-state index contributed by atoms with van der Waals surface area (Å²) in [5, 5.41) is 7.43. The van der Waals surface area contributed by atoms with Crippen LogP contribution in [0.3, 0.4) is 0 Å². The van der Waals surface area contributed by atoms with Crippen LogP contribution in [0.25, 0.3) is 0 Å². The second kappa shape index (κ2) is 7.46. The number of aromatic amines is 1. The molecule has 1 amide bonds. The van der Waals surface area contributed by atoms with E-state index < -0.39 is 0 Å². The third-order valence-corrected chi connectivity index (χ3v) is 6.46. The summed E-state index contributed by atoms with van der Waals surface area (Å²) in [6.45, 7) is 6.55. The van der Waals surface area contributed by atoms with E-state index >= 15 is 0 Å². The predicted octanol–water partition coefficient (Wildman–Crippen LogP) is 2.25. The van der Waals surface area contributed by atoms with Gasteiger partial charge in [-0.15, -0.1) is 0 Å². The van der Waals surface area contributed by atoms with Gasteiger partial charge in [0.05, 0.1) is 12.0 Å². The Morgan fingerprint density at radius 1 is 1.44 bits per heavy atom. The first-order valence-corrected chi connectivity index (χ1v) is 10.1. The topological polar surface area (TPSA) is 78.8 Å². The van der Waals surface area contributed by atoms with Gasteiger partial charge >= 0.3 is 0 Å². The number of H-pyrrole nitrogens is 1. The molecule has 0 spiro atoms. The van der Waals surface area contributed by atoms with Gasteiger partial charge in [-0.05, 0) is 45.1 Å². The van der Waals surface area contributed by atoms with E-state index in [1.54, 1.807) is 6.20 Å². The van der Waals surface area contributed by atoms with Crippen LogP contribution in [0.15, 0.2) is 24.7 Å². The van der Waals surface area contributed by atoms with Gasteiger partial charge in [0.1, 0.15) is 5.82 Å². The molecule has 7 heteroatoms. The molecule has 2 bridgehead atoms. The molecule has 2 saturated heterocycles. The zero-order chi connectivity index (χ0) is 18.9. The van der Waals surface area contributed by atoms with E-state index in [9.17, 15) is 4.79 Å². The molecule has 7 nitrogen and oxygen atoms in total. The van der Waals surface area contributed by atoms with Gasteiger partial charge in [-0.1, -0.05) is 6.92 Å². The minimum absolute atomic E-state index is 0.235. The van der Waals surface area contributed by atoms with E-state index in [1.807, 2.05) is 30.1 Å². The Morgan fingerprint density at radius 2 is 2.33 bits per heavy atom. The van der Waals surface area contributed by atoms with Crippen LogP contribution in [0.5, 0.6) is 0 Å². The van der Waals surface area contributed by atoms with Crippen LogP contribution in [0.2, 0.25) is 0 Å². The molecule has 4 heterocycles. The molecular formula is C20H30N6O. The normalized spacial score (nSPS) is 27.3. The highest BCUT2D eigenvalue weighted by Gasteiger charge is 2.58. The number of fused-ring (bicyclic) bond motifs is 2. The van der Waals surface area contributed by atoms with Gasteiger partial charge in [-0.2, -0.15) is 5.10 Å². The van der Waals surface area contributed by atoms with Crippen molar-refractivity contribution >= 4 is 5.91 Å². The molecule has 0 unspecified atom stereocenters. The number of rotatable bonds is 8. The highest BCUT2D eigenvalue weighted by atomic mass is 16.2. The van der Waals surface area contributed by atoms with Gasteiger partial charge in [0.2, 0.25) is 5.91 Å². The zero-order valence-electron chi connectivity index (χ0n) is 16.3. The van der Waals surface area contributed by atoms with E-state index in [1.165, 1.54) is 6.42 Å². The van der Waals surface area contributed by atoms with E-state index in [-0.39, 0.29) is 11.3 Å². The molecule has 3 atom stereocenters. The van der Waals surface area contributed by atoms with E-state index in [2.05, 4.69) is 32.2 Å². The van der Waals surface area contributed by atoms with Crippen molar-refractivity contribution < 1.29 is 4.79 Å². The van der Waals surface area contributed by atoms with Crippen LogP contribution in [0, 0.1) is 12.3 Å². The second-order valence-electron chi connectivity index (χ2n) is 8.02. The average molecular weight is 371 g/mol. The maximum atomic E-state index is 13.2. The van der Waals surface area contributed by atoms with Gasteiger partial charge < -0.3 is 10.3 Å². The Hall–Kier alpha value is -2.15. The van der Waals surface area contributed by atoms with Crippen molar-refractivity contribution in [2.45, 2.75) is 71.1 Å². The van der Waals surface area contributed by atoms with Gasteiger partial charge in [-0.25, -0.2) is 4.98 Å². The fraction of sp³-hybridized carbons (Fsp3) is 0.650. The van der Waals surface area contributed by atoms with Gasteiger partial charge in [0.25, 0.3) is 0 Å². The number of imidazole rings is 1. The lowest BCUT2D eigenvalue weighted by Crippen LogP contribution is -2.49. The highest BCUT2D eigenvalue weighted by Crippen LogP contribution is 2.52. The van der Waals surface area contributed by atoms with Gasteiger partial charge in [-0.3, -0.25) is 14.4 Å². The average Bonchev–Trinajstić information content (AvgIpc) is 3.45. The Balaban J connectivity index is 1.37. The third kappa shape index (κ3) is 3.40. The van der Waals surface area contributed by atoms with Crippen molar-refractivity contribution in [3.8, 4) is 0 Å². The van der Waals surface area contributed by atoms with Gasteiger partial charge in [0.15, 0.2) is 0 Å². The standard InChI is InChI=1S/C20H30N6O/c1-3-20(19(27)21-8-4-10-25-11-5-9-23-25)12-16-6-7-17(20)26(16)14-18-22-13-15(2)24-18/h5,9,11,13,16-17H,3-4,6-8,10,12,14H2,1-2H3,(H,21,27)(H,22,24)/t16-,17+,20+/m0/s1. The first-order chi connectivity index (χ1) is 13.1. The first kappa shape index (κ1) is 18.2. The summed E-state index contributed by atoms with van der Waals surface area (Å²) in [6, 6.07) is 2.74. The van der Waals surface area contributed by atoms with Crippen molar-refractivity contribution in [2.75, 3.05) is 6.54 Å². The van der Waals surface area contributed by atoms with Crippen LogP contribution in [0.4, 0.5) is 0 Å². The number of aryl methyl sites for hydroxylation is 2. The molecule has 2 aliphatic rings. The fourth-order valence-electron chi connectivity index (χ4n) is 5.10. The second-order valence-corrected chi connectivity index (χ2v) is 8.02. The minimum atomic E-state index is -0.254. The van der Waals surface area contributed by atoms with E-state index in [4.69, 9.17) is 0 Å². The summed E-state index contributed by atoms with van der Waals surface area (Å²) in [5.41, 5.74) is 0.837. The molecule has 146 valence electrons. The Morgan fingerprint density at radius 3 is 3.04 bits per heavy atom. The maximum absolute atomic E-state index is 13.2. The monoisotopic (exact) mass is 370 g/mol. The molecular weight excluding hydrogens is 340 g/mol. The van der Waals surface area contributed by atoms with E-state index in [0.717, 1.165) is 50.3 Å². The zero-order valence-corrected chi connectivity index (χ0v) is 16.3. The predicted molar refractivity (Wildman–Crippen MR) is 103 cm³/mol. The number of nitrogens with one attached hydrogen (secondary N) is 2. The van der Waals surface area contributed by atoms with Gasteiger partial charge in [0, 0.05) is 49.5 Å². The Kier molecular flexibility index (Phi) is 5.04. The number of amides is 1. The molecule has 27 heavy (non-hydrogen) atoms. The largest absolute Gasteiger partial charge is 0.356 e.